The third-order valence-electron chi connectivity index (χ3n) is 3.14. The highest BCUT2D eigenvalue weighted by atomic mass is 35.5. The summed E-state index contributed by atoms with van der Waals surface area (Å²) in [5.41, 5.74) is -0.413. The van der Waals surface area contributed by atoms with E-state index in [0.29, 0.717) is 17.8 Å². The van der Waals surface area contributed by atoms with Crippen molar-refractivity contribution in [3.8, 4) is 0 Å². The van der Waals surface area contributed by atoms with Crippen molar-refractivity contribution in [2.75, 3.05) is 0 Å². The number of carbonyl (C=O) groups is 2. The Morgan fingerprint density at radius 1 is 1.14 bits per heavy atom. The first-order valence-corrected chi connectivity index (χ1v) is 7.64. The molecule has 0 spiro atoms. The third kappa shape index (κ3) is 4.08. The molecule has 124 valence electrons. The molecule has 1 aliphatic rings. The monoisotopic (exact) mass is 350 g/mol. The summed E-state index contributed by atoms with van der Waals surface area (Å²) in [7, 11) is 0. The van der Waals surface area contributed by atoms with Gasteiger partial charge in [-0.3, -0.25) is 9.80 Å². The first-order valence-electron chi connectivity index (χ1n) is 6.76. The maximum absolute atomic E-state index is 12.2. The number of carbonyl (C=O) groups excluding carboxylic acids is 2. The van der Waals surface area contributed by atoms with Crippen LogP contribution < -0.4 is 0 Å². The van der Waals surface area contributed by atoms with Crippen LogP contribution in [0.4, 0.5) is 9.59 Å². The Kier molecular flexibility index (Phi) is 6.56. The van der Waals surface area contributed by atoms with Crippen LogP contribution in [0.25, 0.3) is 0 Å². The van der Waals surface area contributed by atoms with E-state index in [2.05, 4.69) is 6.58 Å². The van der Waals surface area contributed by atoms with Gasteiger partial charge in [0.05, 0.1) is 0 Å². The van der Waals surface area contributed by atoms with E-state index in [1.165, 1.54) is 23.6 Å². The average molecular weight is 351 g/mol. The summed E-state index contributed by atoms with van der Waals surface area (Å²) in [6.45, 7) is 10.1. The molecule has 22 heavy (non-hydrogen) atoms. The first kappa shape index (κ1) is 18.6. The molecule has 0 saturated heterocycles. The minimum absolute atomic E-state index is 0.339. The summed E-state index contributed by atoms with van der Waals surface area (Å²) >= 11 is 11.4. The van der Waals surface area contributed by atoms with Gasteiger partial charge in [-0.2, -0.15) is 0 Å². The SMILES string of the molecule is C=CCC1N(C(=O)OC(C)Cl)C(C)=C(C)N1C(=O)OC(C)Cl. The molecule has 0 aromatic carbocycles. The van der Waals surface area contributed by atoms with Gasteiger partial charge in [-0.1, -0.05) is 29.3 Å². The summed E-state index contributed by atoms with van der Waals surface area (Å²) in [4.78, 5) is 27.2. The van der Waals surface area contributed by atoms with Crippen LogP contribution in [-0.2, 0) is 9.47 Å². The van der Waals surface area contributed by atoms with Crippen molar-refractivity contribution in [3.63, 3.8) is 0 Å². The molecule has 1 aliphatic heterocycles. The van der Waals surface area contributed by atoms with Gasteiger partial charge in [0.2, 0.25) is 0 Å². The van der Waals surface area contributed by atoms with Gasteiger partial charge in [-0.15, -0.1) is 6.58 Å². The minimum atomic E-state index is -0.783. The molecule has 0 saturated carbocycles. The van der Waals surface area contributed by atoms with Crippen molar-refractivity contribution in [2.24, 2.45) is 0 Å². The molecule has 0 radical (unpaired) electrons. The molecule has 1 rings (SSSR count). The van der Waals surface area contributed by atoms with Gasteiger partial charge in [-0.05, 0) is 27.7 Å². The first-order chi connectivity index (χ1) is 10.2. The van der Waals surface area contributed by atoms with Crippen molar-refractivity contribution < 1.29 is 19.1 Å². The number of amides is 2. The van der Waals surface area contributed by atoms with Crippen LogP contribution >= 0.6 is 23.2 Å². The summed E-state index contributed by atoms with van der Waals surface area (Å²) < 4.78 is 10.0. The van der Waals surface area contributed by atoms with Gasteiger partial charge in [-0.25, -0.2) is 9.59 Å². The van der Waals surface area contributed by atoms with Crippen molar-refractivity contribution >= 4 is 35.4 Å². The molecule has 1 heterocycles. The lowest BCUT2D eigenvalue weighted by molar-refractivity contribution is 0.0583. The fraction of sp³-hybridized carbons (Fsp3) is 0.571. The van der Waals surface area contributed by atoms with E-state index < -0.39 is 29.5 Å². The summed E-state index contributed by atoms with van der Waals surface area (Å²) in [6, 6.07) is 0. The standard InChI is InChI=1S/C14H20Cl2N2O4/c1-6-7-12-17(13(19)21-10(4)15)8(2)9(3)18(12)14(20)22-11(5)16/h6,10-12H,1,7H2,2-5H3. The molecule has 0 N–H and O–H groups in total. The van der Waals surface area contributed by atoms with E-state index in [0.717, 1.165) is 0 Å². The Labute approximate surface area is 140 Å². The molecular formula is C14H20Cl2N2O4. The highest BCUT2D eigenvalue weighted by Gasteiger charge is 2.42. The molecule has 0 aliphatic carbocycles. The summed E-state index contributed by atoms with van der Waals surface area (Å²) in [5.74, 6) is 0. The lowest BCUT2D eigenvalue weighted by Crippen LogP contribution is -2.46. The molecule has 0 fully saturated rings. The van der Waals surface area contributed by atoms with Gasteiger partial charge in [0.15, 0.2) is 11.1 Å². The van der Waals surface area contributed by atoms with Crippen LogP contribution in [-0.4, -0.2) is 39.3 Å². The number of alkyl halides is 2. The van der Waals surface area contributed by atoms with Crippen LogP contribution in [0, 0.1) is 0 Å². The highest BCUT2D eigenvalue weighted by molar-refractivity contribution is 6.20. The molecule has 2 amide bonds. The lowest BCUT2D eigenvalue weighted by atomic mass is 10.3. The van der Waals surface area contributed by atoms with Crippen LogP contribution in [0.2, 0.25) is 0 Å². The van der Waals surface area contributed by atoms with Crippen molar-refractivity contribution in [2.45, 2.75) is 51.4 Å². The van der Waals surface area contributed by atoms with Crippen LogP contribution in [0.3, 0.4) is 0 Å². The zero-order valence-corrected chi connectivity index (χ0v) is 14.5. The molecule has 0 aromatic rings. The maximum Gasteiger partial charge on any atom is 0.417 e. The van der Waals surface area contributed by atoms with E-state index in [4.69, 9.17) is 32.7 Å². The lowest BCUT2D eigenvalue weighted by Gasteiger charge is -2.30. The van der Waals surface area contributed by atoms with Gasteiger partial charge in [0.1, 0.15) is 6.17 Å². The van der Waals surface area contributed by atoms with Gasteiger partial charge in [0, 0.05) is 17.8 Å². The number of halogens is 2. The molecule has 0 bridgehead atoms. The van der Waals surface area contributed by atoms with E-state index in [9.17, 15) is 9.59 Å². The largest absolute Gasteiger partial charge is 0.430 e. The molecule has 0 aromatic heterocycles. The summed E-state index contributed by atoms with van der Waals surface area (Å²) in [5, 5.41) is 0. The van der Waals surface area contributed by atoms with E-state index in [-0.39, 0.29) is 0 Å². The van der Waals surface area contributed by atoms with E-state index in [1.807, 2.05) is 0 Å². The second-order valence-corrected chi connectivity index (χ2v) is 6.00. The zero-order chi connectivity index (χ0) is 17.0. The zero-order valence-electron chi connectivity index (χ0n) is 13.0. The number of hydrogen-bond donors (Lipinski definition) is 0. The van der Waals surface area contributed by atoms with E-state index >= 15 is 0 Å². The average Bonchev–Trinajstić information content (AvgIpc) is 2.60. The molecule has 2 unspecified atom stereocenters. The number of allylic oxidation sites excluding steroid dienone is 2. The number of nitrogens with zero attached hydrogens (tertiary/aromatic N) is 2. The number of rotatable bonds is 4. The van der Waals surface area contributed by atoms with Crippen molar-refractivity contribution in [3.05, 3.63) is 24.0 Å². The molecule has 8 heteroatoms. The van der Waals surface area contributed by atoms with Gasteiger partial charge >= 0.3 is 12.2 Å². The van der Waals surface area contributed by atoms with Crippen LogP contribution in [0.1, 0.15) is 34.1 Å². The number of ether oxygens (including phenoxy) is 2. The van der Waals surface area contributed by atoms with Gasteiger partial charge < -0.3 is 9.47 Å². The Balaban J connectivity index is 3.11. The quantitative estimate of drug-likeness (QED) is 0.563. The second kappa shape index (κ2) is 7.74. The summed E-state index contributed by atoms with van der Waals surface area (Å²) in [6.07, 6.45) is 0.0431. The fourth-order valence-corrected chi connectivity index (χ4v) is 2.33. The maximum atomic E-state index is 12.2. The van der Waals surface area contributed by atoms with Crippen LogP contribution in [0.5, 0.6) is 0 Å². The normalized spacial score (nSPS) is 20.7. The predicted molar refractivity (Wildman–Crippen MR) is 84.2 cm³/mol. The van der Waals surface area contributed by atoms with Gasteiger partial charge in [0.25, 0.3) is 0 Å². The topological polar surface area (TPSA) is 59.1 Å². The smallest absolute Gasteiger partial charge is 0.417 e. The van der Waals surface area contributed by atoms with E-state index in [1.54, 1.807) is 19.9 Å². The predicted octanol–water partition coefficient (Wildman–Crippen LogP) is 4.20. The second-order valence-electron chi connectivity index (χ2n) is 4.77. The van der Waals surface area contributed by atoms with Crippen molar-refractivity contribution in [1.82, 2.24) is 9.80 Å². The Bertz CT molecular complexity index is 453. The fourth-order valence-electron chi connectivity index (χ4n) is 2.18. The Morgan fingerprint density at radius 2 is 1.50 bits per heavy atom. The highest BCUT2D eigenvalue weighted by Crippen LogP contribution is 2.33. The third-order valence-corrected chi connectivity index (χ3v) is 3.32. The minimum Gasteiger partial charge on any atom is -0.430 e. The van der Waals surface area contributed by atoms with Crippen molar-refractivity contribution in [1.29, 1.82) is 0 Å². The number of hydrogen-bond acceptors (Lipinski definition) is 4. The molecule has 6 nitrogen and oxygen atoms in total. The van der Waals surface area contributed by atoms with Crippen LogP contribution in [0.15, 0.2) is 24.0 Å². The molecular weight excluding hydrogens is 331 g/mol. The molecule has 2 atom stereocenters. The Hall–Kier alpha value is -1.40. The Morgan fingerprint density at radius 3 is 1.77 bits per heavy atom.